The number of nitrogens with one attached hydrogen (secondary N) is 1. The van der Waals surface area contributed by atoms with E-state index >= 15 is 0 Å². The number of benzene rings is 2. The topological polar surface area (TPSA) is 87.2 Å². The second-order valence-corrected chi connectivity index (χ2v) is 9.14. The van der Waals surface area contributed by atoms with Crippen molar-refractivity contribution < 1.29 is 19.1 Å². The van der Waals surface area contributed by atoms with Gasteiger partial charge < -0.3 is 29.5 Å². The van der Waals surface area contributed by atoms with Crippen molar-refractivity contribution in [2.24, 2.45) is 0 Å². The van der Waals surface area contributed by atoms with Gasteiger partial charge in [-0.15, -0.1) is 0 Å². The van der Waals surface area contributed by atoms with Crippen LogP contribution in [-0.2, 0) is 16.1 Å². The molecule has 38 heavy (non-hydrogen) atoms. The van der Waals surface area contributed by atoms with Gasteiger partial charge in [-0.25, -0.2) is 4.98 Å². The van der Waals surface area contributed by atoms with Gasteiger partial charge in [0.25, 0.3) is 5.91 Å². The first kappa shape index (κ1) is 28.6. The number of anilines is 1. The molecule has 0 aliphatic carbocycles. The lowest BCUT2D eigenvalue weighted by atomic mass is 10.2. The number of amides is 2. The molecular formula is C29H37N5O4. The first-order chi connectivity index (χ1) is 18.4. The number of hydrogen-bond acceptors (Lipinski definition) is 7. The third kappa shape index (κ3) is 8.86. The van der Waals surface area contributed by atoms with Crippen molar-refractivity contribution in [3.63, 3.8) is 0 Å². The van der Waals surface area contributed by atoms with E-state index in [4.69, 9.17) is 9.47 Å². The number of piperazine rings is 1. The Morgan fingerprint density at radius 1 is 0.974 bits per heavy atom. The normalized spacial score (nSPS) is 13.2. The van der Waals surface area contributed by atoms with Crippen LogP contribution in [0.5, 0.6) is 11.6 Å². The number of hydrogen-bond donors (Lipinski definition) is 1. The molecule has 1 aliphatic heterocycles. The van der Waals surface area contributed by atoms with E-state index < -0.39 is 0 Å². The van der Waals surface area contributed by atoms with Crippen molar-refractivity contribution in [1.82, 2.24) is 20.1 Å². The van der Waals surface area contributed by atoms with Gasteiger partial charge in [0.05, 0.1) is 13.2 Å². The predicted molar refractivity (Wildman–Crippen MR) is 149 cm³/mol. The van der Waals surface area contributed by atoms with Crippen LogP contribution >= 0.6 is 0 Å². The summed E-state index contributed by atoms with van der Waals surface area (Å²) in [6.45, 7) is 3.69. The Morgan fingerprint density at radius 2 is 1.71 bits per heavy atom. The third-order valence-corrected chi connectivity index (χ3v) is 5.97. The lowest BCUT2D eigenvalue weighted by Crippen LogP contribution is -2.50. The zero-order valence-corrected chi connectivity index (χ0v) is 22.6. The Kier molecular flexibility index (Phi) is 11.1. The van der Waals surface area contributed by atoms with Crippen LogP contribution in [0.3, 0.4) is 0 Å². The molecule has 0 unspecified atom stereocenters. The van der Waals surface area contributed by atoms with Crippen LogP contribution in [0.4, 0.5) is 5.69 Å². The van der Waals surface area contributed by atoms with E-state index in [1.165, 1.54) is 5.56 Å². The number of likely N-dealkylation sites (N-methyl/N-ethyl adjacent to an activating group) is 1. The van der Waals surface area contributed by atoms with E-state index in [1.807, 2.05) is 74.6 Å². The van der Waals surface area contributed by atoms with E-state index in [0.29, 0.717) is 25.4 Å². The van der Waals surface area contributed by atoms with Crippen LogP contribution in [-0.4, -0.2) is 87.6 Å². The van der Waals surface area contributed by atoms with E-state index in [0.717, 1.165) is 18.8 Å². The molecule has 0 atom stereocenters. The number of carbonyl (C=O) groups is 2. The summed E-state index contributed by atoms with van der Waals surface area (Å²) in [5.74, 6) is 0.307. The maximum atomic E-state index is 12.7. The summed E-state index contributed by atoms with van der Waals surface area (Å²) in [5, 5.41) is 2.69. The quantitative estimate of drug-likeness (QED) is 0.489. The van der Waals surface area contributed by atoms with Gasteiger partial charge >= 0.3 is 0 Å². The molecule has 9 heteroatoms. The van der Waals surface area contributed by atoms with Crippen molar-refractivity contribution in [1.29, 1.82) is 0 Å². The smallest absolute Gasteiger partial charge is 0.257 e. The highest BCUT2D eigenvalue weighted by Gasteiger charge is 2.21. The Morgan fingerprint density at radius 3 is 2.39 bits per heavy atom. The first-order valence-corrected chi connectivity index (χ1v) is 12.5. The van der Waals surface area contributed by atoms with Gasteiger partial charge in [-0.1, -0.05) is 36.4 Å². The summed E-state index contributed by atoms with van der Waals surface area (Å²) in [6.07, 6.45) is 1.57. The van der Waals surface area contributed by atoms with E-state index in [-0.39, 0.29) is 29.8 Å². The zero-order chi connectivity index (χ0) is 27.3. The van der Waals surface area contributed by atoms with Crippen molar-refractivity contribution in [3.05, 3.63) is 84.1 Å². The summed E-state index contributed by atoms with van der Waals surface area (Å²) in [4.78, 5) is 35.1. The highest BCUT2D eigenvalue weighted by molar-refractivity contribution is 5.98. The molecule has 0 saturated carbocycles. The molecule has 0 bridgehead atoms. The summed E-state index contributed by atoms with van der Waals surface area (Å²) < 4.78 is 10.8. The number of aromatic nitrogens is 1. The summed E-state index contributed by atoms with van der Waals surface area (Å²) in [6, 6.07) is 20.9. The lowest BCUT2D eigenvalue weighted by Gasteiger charge is -2.32. The molecule has 1 N–H and O–H groups in total. The van der Waals surface area contributed by atoms with Gasteiger partial charge in [-0.3, -0.25) is 9.59 Å². The molecule has 3 aromatic rings. The molecule has 0 radical (unpaired) electrons. The zero-order valence-electron chi connectivity index (χ0n) is 22.6. The number of nitrogens with zero attached hydrogens (tertiary/aromatic N) is 4. The van der Waals surface area contributed by atoms with Gasteiger partial charge in [0, 0.05) is 65.3 Å². The molecule has 9 nitrogen and oxygen atoms in total. The van der Waals surface area contributed by atoms with Crippen LogP contribution in [0.25, 0.3) is 0 Å². The minimum absolute atomic E-state index is 0.0486. The Labute approximate surface area is 225 Å². The molecule has 1 fully saturated rings. The van der Waals surface area contributed by atoms with Crippen LogP contribution < -0.4 is 15.0 Å². The SMILES string of the molecule is CN1CCN(C(=O)CNC(=O)c2cccnc2Oc2cccc(N(C)C)c2)CC1.COCc1ccccc1. The lowest BCUT2D eigenvalue weighted by molar-refractivity contribution is -0.131. The molecule has 1 saturated heterocycles. The second-order valence-electron chi connectivity index (χ2n) is 9.14. The largest absolute Gasteiger partial charge is 0.438 e. The van der Waals surface area contributed by atoms with Crippen molar-refractivity contribution >= 4 is 17.5 Å². The van der Waals surface area contributed by atoms with Gasteiger partial charge in [0.1, 0.15) is 11.3 Å². The molecule has 2 heterocycles. The maximum absolute atomic E-state index is 12.7. The molecule has 2 amide bonds. The number of rotatable bonds is 8. The predicted octanol–water partition coefficient (Wildman–Crippen LogP) is 3.28. The van der Waals surface area contributed by atoms with Gasteiger partial charge in [-0.2, -0.15) is 0 Å². The number of ether oxygens (including phenoxy) is 2. The second kappa shape index (κ2) is 14.7. The maximum Gasteiger partial charge on any atom is 0.257 e. The van der Waals surface area contributed by atoms with Gasteiger partial charge in [0.15, 0.2) is 0 Å². The Hall–Kier alpha value is -3.95. The average molecular weight is 520 g/mol. The molecular weight excluding hydrogens is 482 g/mol. The summed E-state index contributed by atoms with van der Waals surface area (Å²) >= 11 is 0. The van der Waals surface area contributed by atoms with Gasteiger partial charge in [0.2, 0.25) is 11.8 Å². The molecule has 1 aromatic heterocycles. The number of carbonyl (C=O) groups excluding carboxylic acids is 2. The minimum Gasteiger partial charge on any atom is -0.438 e. The van der Waals surface area contributed by atoms with E-state index in [1.54, 1.807) is 36.4 Å². The molecule has 0 spiro atoms. The molecule has 202 valence electrons. The average Bonchev–Trinajstić information content (AvgIpc) is 2.93. The molecule has 4 rings (SSSR count). The number of pyridine rings is 1. The van der Waals surface area contributed by atoms with Crippen LogP contribution in [0.2, 0.25) is 0 Å². The fourth-order valence-corrected chi connectivity index (χ4v) is 3.74. The first-order valence-electron chi connectivity index (χ1n) is 12.5. The van der Waals surface area contributed by atoms with Gasteiger partial charge in [-0.05, 0) is 36.9 Å². The number of methoxy groups -OCH3 is 1. The van der Waals surface area contributed by atoms with Crippen LogP contribution in [0, 0.1) is 0 Å². The Bertz CT molecular complexity index is 1160. The summed E-state index contributed by atoms with van der Waals surface area (Å²) in [7, 11) is 7.61. The van der Waals surface area contributed by atoms with E-state index in [2.05, 4.69) is 15.2 Å². The molecule has 1 aliphatic rings. The third-order valence-electron chi connectivity index (χ3n) is 5.97. The minimum atomic E-state index is -0.389. The van der Waals surface area contributed by atoms with E-state index in [9.17, 15) is 9.59 Å². The standard InChI is InChI=1S/C21H27N5O3.C8H10O/c1-24(2)16-6-4-7-17(14-16)29-21-18(8-5-9-22-21)20(28)23-15-19(27)26-12-10-25(3)11-13-26;1-9-7-8-5-3-2-4-6-8/h4-9,14H,10-13,15H2,1-3H3,(H,23,28);2-6H,7H2,1H3. The van der Waals surface area contributed by atoms with Crippen molar-refractivity contribution in [3.8, 4) is 11.6 Å². The van der Waals surface area contributed by atoms with Crippen LogP contribution in [0.15, 0.2) is 72.9 Å². The fourth-order valence-electron chi connectivity index (χ4n) is 3.74. The summed E-state index contributed by atoms with van der Waals surface area (Å²) in [5.41, 5.74) is 2.48. The van der Waals surface area contributed by atoms with Crippen molar-refractivity contribution in [2.75, 3.05) is 65.9 Å². The Balaban J connectivity index is 0.000000375. The monoisotopic (exact) mass is 519 g/mol. The van der Waals surface area contributed by atoms with Crippen molar-refractivity contribution in [2.45, 2.75) is 6.61 Å². The molecule has 2 aromatic carbocycles. The fraction of sp³-hybridized carbons (Fsp3) is 0.345. The highest BCUT2D eigenvalue weighted by atomic mass is 16.5. The van der Waals surface area contributed by atoms with Crippen LogP contribution in [0.1, 0.15) is 15.9 Å². The highest BCUT2D eigenvalue weighted by Crippen LogP contribution is 2.26.